The van der Waals surface area contributed by atoms with E-state index in [2.05, 4.69) is 31.9 Å². The second-order valence-corrected chi connectivity index (χ2v) is 5.32. The summed E-state index contributed by atoms with van der Waals surface area (Å²) < 4.78 is 32.3. The van der Waals surface area contributed by atoms with Gasteiger partial charge in [-0.2, -0.15) is 0 Å². The molecule has 0 saturated carbocycles. The number of rotatable bonds is 3. The van der Waals surface area contributed by atoms with E-state index in [9.17, 15) is 8.78 Å². The molecule has 2 rings (SSSR count). The second kappa shape index (κ2) is 5.80. The first-order chi connectivity index (χ1) is 8.56. The van der Waals surface area contributed by atoms with Crippen LogP contribution < -0.4 is 4.74 Å². The average molecular weight is 378 g/mol. The fourth-order valence-corrected chi connectivity index (χ4v) is 2.15. The molecule has 2 aromatic rings. The fraction of sp³-hybridized carbons (Fsp3) is 0.0769. The van der Waals surface area contributed by atoms with Crippen molar-refractivity contribution in [3.8, 4) is 5.75 Å². The summed E-state index contributed by atoms with van der Waals surface area (Å²) in [6.07, 6.45) is 0. The molecule has 0 N–H and O–H groups in total. The molecule has 0 aliphatic carbocycles. The number of hydrogen-bond acceptors (Lipinski definition) is 1. The van der Waals surface area contributed by atoms with Gasteiger partial charge in [-0.25, -0.2) is 8.78 Å². The maximum absolute atomic E-state index is 13.0. The summed E-state index contributed by atoms with van der Waals surface area (Å²) in [6.45, 7) is 0.289. The molecule has 2 aromatic carbocycles. The second-order valence-electron chi connectivity index (χ2n) is 3.61. The van der Waals surface area contributed by atoms with Gasteiger partial charge < -0.3 is 4.74 Å². The van der Waals surface area contributed by atoms with Crippen LogP contribution in [0.5, 0.6) is 5.75 Å². The van der Waals surface area contributed by atoms with E-state index in [1.165, 1.54) is 12.1 Å². The summed E-state index contributed by atoms with van der Waals surface area (Å²) in [5.74, 6) is -0.112. The summed E-state index contributed by atoms with van der Waals surface area (Å²) in [5.41, 5.74) is 0.823. The van der Waals surface area contributed by atoms with Gasteiger partial charge in [0.25, 0.3) is 0 Å². The van der Waals surface area contributed by atoms with Crippen LogP contribution in [-0.4, -0.2) is 0 Å². The molecule has 18 heavy (non-hydrogen) atoms. The monoisotopic (exact) mass is 376 g/mol. The summed E-state index contributed by atoms with van der Waals surface area (Å²) in [7, 11) is 0. The Bertz CT molecular complexity index is 521. The molecule has 94 valence electrons. The Balaban J connectivity index is 2.06. The van der Waals surface area contributed by atoms with Crippen LogP contribution in [-0.2, 0) is 6.61 Å². The molecule has 0 atom stereocenters. The maximum Gasteiger partial charge on any atom is 0.137 e. The molecule has 0 aliphatic rings. The third-order valence-corrected chi connectivity index (χ3v) is 3.50. The van der Waals surface area contributed by atoms with Crippen LogP contribution in [0.4, 0.5) is 8.78 Å². The van der Waals surface area contributed by atoms with E-state index in [0.717, 1.165) is 5.56 Å². The van der Waals surface area contributed by atoms with E-state index in [1.807, 2.05) is 0 Å². The topological polar surface area (TPSA) is 9.23 Å². The van der Waals surface area contributed by atoms with Gasteiger partial charge in [-0.15, -0.1) is 0 Å². The highest BCUT2D eigenvalue weighted by atomic mass is 79.9. The summed E-state index contributed by atoms with van der Waals surface area (Å²) in [6, 6.07) is 9.06. The Morgan fingerprint density at radius 1 is 0.889 bits per heavy atom. The zero-order valence-corrected chi connectivity index (χ0v) is 12.3. The summed E-state index contributed by atoms with van der Waals surface area (Å²) >= 11 is 6.19. The number of ether oxygens (including phenoxy) is 1. The van der Waals surface area contributed by atoms with Gasteiger partial charge in [0, 0.05) is 0 Å². The van der Waals surface area contributed by atoms with Gasteiger partial charge in [-0.3, -0.25) is 0 Å². The minimum Gasteiger partial charge on any atom is -0.489 e. The lowest BCUT2D eigenvalue weighted by atomic mass is 10.2. The molecular formula is C13H8Br2F2O. The SMILES string of the molecule is Fc1ccc(COc2ccc(F)c(Br)c2)cc1Br. The van der Waals surface area contributed by atoms with Crippen molar-refractivity contribution in [2.24, 2.45) is 0 Å². The largest absolute Gasteiger partial charge is 0.489 e. The highest BCUT2D eigenvalue weighted by Crippen LogP contribution is 2.23. The van der Waals surface area contributed by atoms with Crippen molar-refractivity contribution in [2.45, 2.75) is 6.61 Å². The molecule has 0 heterocycles. The molecule has 0 amide bonds. The van der Waals surface area contributed by atoms with E-state index in [4.69, 9.17) is 4.74 Å². The molecule has 0 bridgehead atoms. The summed E-state index contributed by atoms with van der Waals surface area (Å²) in [5, 5.41) is 0. The van der Waals surface area contributed by atoms with E-state index >= 15 is 0 Å². The quantitative estimate of drug-likeness (QED) is 0.725. The Labute approximate surface area is 120 Å². The van der Waals surface area contributed by atoms with Crippen LogP contribution in [0.2, 0.25) is 0 Å². The highest BCUT2D eigenvalue weighted by molar-refractivity contribution is 9.10. The lowest BCUT2D eigenvalue weighted by Crippen LogP contribution is -1.96. The van der Waals surface area contributed by atoms with E-state index < -0.39 is 0 Å². The van der Waals surface area contributed by atoms with Crippen molar-refractivity contribution in [1.29, 1.82) is 0 Å². The maximum atomic E-state index is 13.0. The van der Waals surface area contributed by atoms with Crippen LogP contribution in [0.25, 0.3) is 0 Å². The van der Waals surface area contributed by atoms with E-state index in [-0.39, 0.29) is 18.2 Å². The average Bonchev–Trinajstić information content (AvgIpc) is 2.35. The van der Waals surface area contributed by atoms with Crippen LogP contribution in [0.1, 0.15) is 5.56 Å². The standard InChI is InChI=1S/C13H8Br2F2O/c14-10-5-8(1-3-12(10)16)7-18-9-2-4-13(17)11(15)6-9/h1-6H,7H2. The van der Waals surface area contributed by atoms with Gasteiger partial charge in [0.05, 0.1) is 8.95 Å². The van der Waals surface area contributed by atoms with Crippen molar-refractivity contribution < 1.29 is 13.5 Å². The molecular weight excluding hydrogens is 370 g/mol. The molecule has 0 fully saturated rings. The van der Waals surface area contributed by atoms with Crippen molar-refractivity contribution >= 4 is 31.9 Å². The smallest absolute Gasteiger partial charge is 0.137 e. The first kappa shape index (κ1) is 13.5. The van der Waals surface area contributed by atoms with Gasteiger partial charge >= 0.3 is 0 Å². The minimum atomic E-state index is -0.341. The van der Waals surface area contributed by atoms with Gasteiger partial charge in [-0.1, -0.05) is 6.07 Å². The van der Waals surface area contributed by atoms with Crippen LogP contribution >= 0.6 is 31.9 Å². The molecule has 5 heteroatoms. The molecule has 0 aliphatic heterocycles. The van der Waals surface area contributed by atoms with Crippen LogP contribution in [0, 0.1) is 11.6 Å². The minimum absolute atomic E-state index is 0.289. The van der Waals surface area contributed by atoms with Crippen molar-refractivity contribution in [3.63, 3.8) is 0 Å². The zero-order chi connectivity index (χ0) is 13.1. The molecule has 0 aromatic heterocycles. The number of benzene rings is 2. The Kier molecular flexibility index (Phi) is 4.35. The van der Waals surface area contributed by atoms with Gasteiger partial charge in [0.15, 0.2) is 0 Å². The van der Waals surface area contributed by atoms with Crippen LogP contribution in [0.15, 0.2) is 45.3 Å². The first-order valence-corrected chi connectivity index (χ1v) is 6.66. The van der Waals surface area contributed by atoms with Crippen molar-refractivity contribution in [1.82, 2.24) is 0 Å². The molecule has 0 radical (unpaired) electrons. The highest BCUT2D eigenvalue weighted by Gasteiger charge is 2.03. The first-order valence-electron chi connectivity index (χ1n) is 5.08. The lowest BCUT2D eigenvalue weighted by Gasteiger charge is -2.07. The third kappa shape index (κ3) is 3.29. The normalized spacial score (nSPS) is 10.4. The molecule has 0 unspecified atom stereocenters. The lowest BCUT2D eigenvalue weighted by molar-refractivity contribution is 0.305. The molecule has 1 nitrogen and oxygen atoms in total. The van der Waals surface area contributed by atoms with Crippen molar-refractivity contribution in [2.75, 3.05) is 0 Å². The summed E-state index contributed by atoms with van der Waals surface area (Å²) in [4.78, 5) is 0. The zero-order valence-electron chi connectivity index (χ0n) is 9.09. The van der Waals surface area contributed by atoms with Gasteiger partial charge in [0.1, 0.15) is 24.0 Å². The van der Waals surface area contributed by atoms with E-state index in [1.54, 1.807) is 24.3 Å². The predicted molar refractivity (Wildman–Crippen MR) is 72.5 cm³/mol. The number of hydrogen-bond donors (Lipinski definition) is 0. The predicted octanol–water partition coefficient (Wildman–Crippen LogP) is 5.07. The molecule has 0 spiro atoms. The molecule has 0 saturated heterocycles. The Hall–Kier alpha value is -0.940. The Morgan fingerprint density at radius 2 is 1.50 bits per heavy atom. The third-order valence-electron chi connectivity index (χ3n) is 2.28. The fourth-order valence-electron chi connectivity index (χ4n) is 1.36. The number of halogens is 4. The Morgan fingerprint density at radius 3 is 2.11 bits per heavy atom. The van der Waals surface area contributed by atoms with Gasteiger partial charge in [-0.05, 0) is 67.8 Å². The van der Waals surface area contributed by atoms with E-state index in [0.29, 0.717) is 14.7 Å². The van der Waals surface area contributed by atoms with Crippen LogP contribution in [0.3, 0.4) is 0 Å². The van der Waals surface area contributed by atoms with Crippen molar-refractivity contribution in [3.05, 3.63) is 62.5 Å². The van der Waals surface area contributed by atoms with Gasteiger partial charge in [0.2, 0.25) is 0 Å².